The van der Waals surface area contributed by atoms with Crippen LogP contribution < -0.4 is 11.2 Å². The zero-order valence-electron chi connectivity index (χ0n) is 18.4. The zero-order chi connectivity index (χ0) is 22.3. The molecule has 9 heteroatoms. The molecule has 1 aliphatic heterocycles. The number of fused-ring (bicyclic) bond motifs is 1. The van der Waals surface area contributed by atoms with Crippen LogP contribution in [0.5, 0.6) is 0 Å². The van der Waals surface area contributed by atoms with Crippen LogP contribution in [0.4, 0.5) is 0 Å². The van der Waals surface area contributed by atoms with Gasteiger partial charge in [-0.05, 0) is 53.0 Å². The summed E-state index contributed by atoms with van der Waals surface area (Å²) < 4.78 is 3.00. The molecule has 0 saturated carbocycles. The van der Waals surface area contributed by atoms with Gasteiger partial charge in [-0.25, -0.2) is 14.3 Å². The van der Waals surface area contributed by atoms with Crippen LogP contribution in [0, 0.1) is 27.7 Å². The lowest BCUT2D eigenvalue weighted by molar-refractivity contribution is -0.135. The average Bonchev–Trinajstić information content (AvgIpc) is 3.15. The van der Waals surface area contributed by atoms with Crippen LogP contribution in [0.25, 0.3) is 5.65 Å². The Bertz CT molecular complexity index is 1270. The van der Waals surface area contributed by atoms with Crippen LogP contribution in [0.3, 0.4) is 0 Å². The number of aryl methyl sites for hydroxylation is 3. The predicted octanol–water partition coefficient (Wildman–Crippen LogP) is 1.96. The molecule has 3 aromatic heterocycles. The van der Waals surface area contributed by atoms with E-state index in [0.29, 0.717) is 35.7 Å². The van der Waals surface area contributed by atoms with Gasteiger partial charge in [0.05, 0.1) is 11.7 Å². The fourth-order valence-electron chi connectivity index (χ4n) is 4.36. The number of carbonyl (C=O) groups excluding carboxylic acids is 1. The van der Waals surface area contributed by atoms with Crippen LogP contribution in [-0.4, -0.2) is 41.5 Å². The quantitative estimate of drug-likeness (QED) is 0.689. The highest BCUT2D eigenvalue weighted by atomic mass is 16.2. The van der Waals surface area contributed by atoms with Gasteiger partial charge >= 0.3 is 5.69 Å². The van der Waals surface area contributed by atoms with Crippen molar-refractivity contribution in [2.45, 2.75) is 66.0 Å². The van der Waals surface area contributed by atoms with E-state index in [2.05, 4.69) is 15.1 Å². The Hall–Kier alpha value is -3.23. The van der Waals surface area contributed by atoms with Gasteiger partial charge in [-0.3, -0.25) is 19.3 Å². The van der Waals surface area contributed by atoms with E-state index >= 15 is 0 Å². The minimum Gasteiger partial charge on any atom is -0.334 e. The molecule has 4 rings (SSSR count). The number of carbonyl (C=O) groups is 1. The second kappa shape index (κ2) is 8.13. The number of hydrogen-bond donors (Lipinski definition) is 1. The van der Waals surface area contributed by atoms with Gasteiger partial charge in [0.25, 0.3) is 5.56 Å². The summed E-state index contributed by atoms with van der Waals surface area (Å²) in [5.74, 6) is -0.0112. The molecule has 3 aromatic rings. The van der Waals surface area contributed by atoms with Crippen molar-refractivity contribution in [3.63, 3.8) is 0 Å². The summed E-state index contributed by atoms with van der Waals surface area (Å²) >= 11 is 0. The number of amides is 1. The molecule has 1 atom stereocenters. The van der Waals surface area contributed by atoms with E-state index in [9.17, 15) is 14.4 Å². The number of likely N-dealkylation sites (tertiary alicyclic amines) is 1. The van der Waals surface area contributed by atoms with Gasteiger partial charge in [0, 0.05) is 48.2 Å². The summed E-state index contributed by atoms with van der Waals surface area (Å²) in [6.45, 7) is 8.17. The molecule has 0 aromatic carbocycles. The van der Waals surface area contributed by atoms with Gasteiger partial charge in [0.2, 0.25) is 5.91 Å². The van der Waals surface area contributed by atoms with Crippen molar-refractivity contribution in [3.05, 3.63) is 61.3 Å². The van der Waals surface area contributed by atoms with Crippen molar-refractivity contribution in [1.82, 2.24) is 29.0 Å². The molecular formula is C22H28N6O3. The first-order valence-electron chi connectivity index (χ1n) is 10.7. The molecule has 9 nitrogen and oxygen atoms in total. The third-order valence-corrected chi connectivity index (χ3v) is 6.18. The Morgan fingerprint density at radius 2 is 1.90 bits per heavy atom. The Kier molecular flexibility index (Phi) is 5.51. The van der Waals surface area contributed by atoms with E-state index in [4.69, 9.17) is 0 Å². The maximum atomic E-state index is 13.1. The molecule has 0 aliphatic carbocycles. The Morgan fingerprint density at radius 1 is 1.13 bits per heavy atom. The number of hydrogen-bond acceptors (Lipinski definition) is 5. The fraction of sp³-hybridized carbons (Fsp3) is 0.500. The molecule has 164 valence electrons. The Labute approximate surface area is 179 Å². The molecule has 1 amide bonds. The number of aromatic amines is 1. The number of piperidine rings is 1. The molecule has 1 N–H and O–H groups in total. The molecule has 0 spiro atoms. The van der Waals surface area contributed by atoms with Crippen LogP contribution in [0.2, 0.25) is 0 Å². The minimum atomic E-state index is -0.327. The van der Waals surface area contributed by atoms with Crippen LogP contribution in [0.15, 0.2) is 21.7 Å². The predicted molar refractivity (Wildman–Crippen MR) is 116 cm³/mol. The van der Waals surface area contributed by atoms with Gasteiger partial charge in [-0.2, -0.15) is 4.98 Å². The van der Waals surface area contributed by atoms with Crippen molar-refractivity contribution in [2.24, 2.45) is 0 Å². The van der Waals surface area contributed by atoms with Gasteiger partial charge in [-0.1, -0.05) is 0 Å². The maximum absolute atomic E-state index is 13.1. The highest BCUT2D eigenvalue weighted by Crippen LogP contribution is 2.31. The molecule has 4 heterocycles. The van der Waals surface area contributed by atoms with Crippen molar-refractivity contribution < 1.29 is 4.79 Å². The van der Waals surface area contributed by atoms with E-state index in [1.54, 1.807) is 18.4 Å². The number of nitrogens with one attached hydrogen (secondary N) is 1. The van der Waals surface area contributed by atoms with Crippen molar-refractivity contribution in [3.8, 4) is 0 Å². The third kappa shape index (κ3) is 3.92. The van der Waals surface area contributed by atoms with Crippen LogP contribution in [-0.2, 0) is 11.3 Å². The summed E-state index contributed by atoms with van der Waals surface area (Å²) in [4.78, 5) is 48.3. The molecule has 31 heavy (non-hydrogen) atoms. The van der Waals surface area contributed by atoms with Crippen molar-refractivity contribution in [1.29, 1.82) is 0 Å². The number of nitrogens with zero attached hydrogens (tertiary/aromatic N) is 5. The van der Waals surface area contributed by atoms with Crippen LogP contribution in [0.1, 0.15) is 60.1 Å². The van der Waals surface area contributed by atoms with Gasteiger partial charge in [0.15, 0.2) is 5.65 Å². The summed E-state index contributed by atoms with van der Waals surface area (Å²) in [5, 5.41) is 3.17. The smallest absolute Gasteiger partial charge is 0.334 e. The number of H-pyrrole nitrogens is 1. The second-order valence-corrected chi connectivity index (χ2v) is 8.35. The van der Waals surface area contributed by atoms with Gasteiger partial charge in [-0.15, -0.1) is 0 Å². The fourth-order valence-corrected chi connectivity index (χ4v) is 4.36. The molecular weight excluding hydrogens is 396 g/mol. The highest BCUT2D eigenvalue weighted by molar-refractivity contribution is 5.76. The number of rotatable bonds is 4. The first-order chi connectivity index (χ1) is 14.8. The van der Waals surface area contributed by atoms with E-state index in [-0.39, 0.29) is 29.6 Å². The van der Waals surface area contributed by atoms with Crippen molar-refractivity contribution >= 4 is 11.6 Å². The lowest BCUT2D eigenvalue weighted by Gasteiger charge is -2.35. The summed E-state index contributed by atoms with van der Waals surface area (Å²) in [6.07, 6.45) is 2.98. The maximum Gasteiger partial charge on any atom is 0.347 e. The first kappa shape index (κ1) is 21.0. The van der Waals surface area contributed by atoms with Gasteiger partial charge < -0.3 is 4.90 Å². The Morgan fingerprint density at radius 3 is 2.65 bits per heavy atom. The SMILES string of the molecule is Cc1cc(C)n(CCC(=O)N2CCCCC2c2cc3nc(C)c(C)c(=O)n3[nH]2)c(=O)n1. The monoisotopic (exact) mass is 424 g/mol. The molecule has 1 fully saturated rings. The standard InChI is InChI=1S/C22H28N6O3/c1-13-11-14(2)26(22(31)23-13)10-8-20(29)27-9-6-5-7-18(27)17-12-19-24-16(4)15(3)21(30)28(19)25-17/h11-12,18,25H,5-10H2,1-4H3. The molecule has 0 bridgehead atoms. The lowest BCUT2D eigenvalue weighted by atomic mass is 9.99. The Balaban J connectivity index is 1.59. The normalized spacial score (nSPS) is 16.8. The lowest BCUT2D eigenvalue weighted by Crippen LogP contribution is -2.39. The zero-order valence-corrected chi connectivity index (χ0v) is 18.4. The topological polar surface area (TPSA) is 105 Å². The highest BCUT2D eigenvalue weighted by Gasteiger charge is 2.29. The third-order valence-electron chi connectivity index (χ3n) is 6.18. The first-order valence-corrected chi connectivity index (χ1v) is 10.7. The molecule has 0 radical (unpaired) electrons. The van der Waals surface area contributed by atoms with Crippen LogP contribution >= 0.6 is 0 Å². The second-order valence-electron chi connectivity index (χ2n) is 8.35. The van der Waals surface area contributed by atoms with E-state index < -0.39 is 0 Å². The van der Waals surface area contributed by atoms with Crippen molar-refractivity contribution in [2.75, 3.05) is 6.54 Å². The van der Waals surface area contributed by atoms with E-state index in [0.717, 1.165) is 30.7 Å². The summed E-state index contributed by atoms with van der Waals surface area (Å²) in [6, 6.07) is 3.56. The minimum absolute atomic E-state index is 0.0112. The number of aromatic nitrogens is 5. The summed E-state index contributed by atoms with van der Waals surface area (Å²) in [7, 11) is 0. The van der Waals surface area contributed by atoms with E-state index in [1.165, 1.54) is 4.52 Å². The molecule has 1 unspecified atom stereocenters. The van der Waals surface area contributed by atoms with Gasteiger partial charge in [0.1, 0.15) is 0 Å². The molecule has 1 aliphatic rings. The van der Waals surface area contributed by atoms with E-state index in [1.807, 2.05) is 30.9 Å². The molecule has 1 saturated heterocycles. The average molecular weight is 425 g/mol. The summed E-state index contributed by atoms with van der Waals surface area (Å²) in [5.41, 5.74) is 3.72. The largest absolute Gasteiger partial charge is 0.347 e.